The number of nitrogens with zero attached hydrogens (tertiary/aromatic N) is 1. The lowest BCUT2D eigenvalue weighted by molar-refractivity contribution is -0.121. The molecule has 1 aliphatic heterocycles. The molecule has 0 aliphatic carbocycles. The van der Waals surface area contributed by atoms with Crippen LogP contribution in [0.1, 0.15) is 13.8 Å². The molecule has 0 radical (unpaired) electrons. The standard InChI is InChI=1S/C11H12F2N2O/c1-11(2)10(16)15(3)9-7(13)4-6(12)5-8(9)14-11/h4-5,14H,1-3H3. The number of hydrogen-bond donors (Lipinski definition) is 1. The van der Waals surface area contributed by atoms with E-state index in [0.29, 0.717) is 5.69 Å². The number of nitrogens with one attached hydrogen (secondary N) is 1. The summed E-state index contributed by atoms with van der Waals surface area (Å²) in [6.07, 6.45) is 0. The van der Waals surface area contributed by atoms with Crippen molar-refractivity contribution in [2.75, 3.05) is 17.3 Å². The van der Waals surface area contributed by atoms with E-state index in [1.165, 1.54) is 18.0 Å². The van der Waals surface area contributed by atoms with E-state index in [4.69, 9.17) is 0 Å². The highest BCUT2D eigenvalue weighted by molar-refractivity contribution is 6.07. The van der Waals surface area contributed by atoms with E-state index in [0.717, 1.165) is 6.07 Å². The quantitative estimate of drug-likeness (QED) is 0.735. The summed E-state index contributed by atoms with van der Waals surface area (Å²) in [6, 6.07) is 1.95. The van der Waals surface area contributed by atoms with Gasteiger partial charge in [0.2, 0.25) is 0 Å². The van der Waals surface area contributed by atoms with Gasteiger partial charge in [-0.2, -0.15) is 0 Å². The molecule has 5 heteroatoms. The van der Waals surface area contributed by atoms with Gasteiger partial charge in [0.05, 0.1) is 5.69 Å². The van der Waals surface area contributed by atoms with Crippen molar-refractivity contribution in [1.82, 2.24) is 0 Å². The molecule has 3 nitrogen and oxygen atoms in total. The van der Waals surface area contributed by atoms with Crippen LogP contribution in [0.4, 0.5) is 20.2 Å². The molecule has 2 rings (SSSR count). The van der Waals surface area contributed by atoms with Crippen LogP contribution in [-0.2, 0) is 4.79 Å². The summed E-state index contributed by atoms with van der Waals surface area (Å²) in [5.41, 5.74) is -0.475. The molecule has 0 atom stereocenters. The minimum absolute atomic E-state index is 0.0886. The van der Waals surface area contributed by atoms with Gasteiger partial charge in [-0.05, 0) is 19.9 Å². The number of hydrogen-bond acceptors (Lipinski definition) is 2. The Hall–Kier alpha value is -1.65. The van der Waals surface area contributed by atoms with Crippen molar-refractivity contribution in [2.24, 2.45) is 0 Å². The van der Waals surface area contributed by atoms with Gasteiger partial charge in [0.15, 0.2) is 5.82 Å². The Bertz CT molecular complexity index is 471. The van der Waals surface area contributed by atoms with Crippen LogP contribution >= 0.6 is 0 Å². The predicted molar refractivity (Wildman–Crippen MR) is 57.5 cm³/mol. The first-order chi connectivity index (χ1) is 7.33. The van der Waals surface area contributed by atoms with E-state index in [-0.39, 0.29) is 11.6 Å². The number of carbonyl (C=O) groups is 1. The van der Waals surface area contributed by atoms with E-state index >= 15 is 0 Å². The van der Waals surface area contributed by atoms with Gasteiger partial charge in [0, 0.05) is 13.1 Å². The smallest absolute Gasteiger partial charge is 0.251 e. The average Bonchev–Trinajstić information content (AvgIpc) is 2.12. The molecule has 0 saturated carbocycles. The summed E-state index contributed by atoms with van der Waals surface area (Å²) in [5, 5.41) is 2.83. The summed E-state index contributed by atoms with van der Waals surface area (Å²) < 4.78 is 26.6. The molecular weight excluding hydrogens is 214 g/mol. The van der Waals surface area contributed by atoms with Crippen LogP contribution in [-0.4, -0.2) is 18.5 Å². The molecule has 0 fully saturated rings. The first kappa shape index (κ1) is 10.9. The van der Waals surface area contributed by atoms with Crippen molar-refractivity contribution >= 4 is 17.3 Å². The van der Waals surface area contributed by atoms with Gasteiger partial charge in [-0.25, -0.2) is 8.78 Å². The van der Waals surface area contributed by atoms with Crippen LogP contribution in [0.15, 0.2) is 12.1 Å². The Kier molecular flexibility index (Phi) is 2.15. The van der Waals surface area contributed by atoms with E-state index < -0.39 is 17.2 Å². The second-order valence-corrected chi connectivity index (χ2v) is 4.40. The number of rotatable bonds is 0. The van der Waals surface area contributed by atoms with E-state index in [1.807, 2.05) is 0 Å². The van der Waals surface area contributed by atoms with Gasteiger partial charge in [0.25, 0.3) is 5.91 Å². The summed E-state index contributed by atoms with van der Waals surface area (Å²) in [7, 11) is 1.48. The Morgan fingerprint density at radius 2 is 1.94 bits per heavy atom. The fourth-order valence-electron chi connectivity index (χ4n) is 1.91. The van der Waals surface area contributed by atoms with Crippen molar-refractivity contribution in [2.45, 2.75) is 19.4 Å². The van der Waals surface area contributed by atoms with Crippen molar-refractivity contribution in [3.05, 3.63) is 23.8 Å². The molecule has 0 aromatic heterocycles. The average molecular weight is 226 g/mol. The molecule has 1 N–H and O–H groups in total. The van der Waals surface area contributed by atoms with Crippen LogP contribution in [0.5, 0.6) is 0 Å². The van der Waals surface area contributed by atoms with Gasteiger partial charge < -0.3 is 10.2 Å². The fourth-order valence-corrected chi connectivity index (χ4v) is 1.91. The summed E-state index contributed by atoms with van der Waals surface area (Å²) in [5.74, 6) is -1.67. The maximum atomic E-state index is 13.5. The number of likely N-dealkylation sites (N-methyl/N-ethyl adjacent to an activating group) is 1. The number of anilines is 2. The van der Waals surface area contributed by atoms with Crippen LogP contribution in [0.2, 0.25) is 0 Å². The van der Waals surface area contributed by atoms with E-state index in [1.54, 1.807) is 13.8 Å². The zero-order chi connectivity index (χ0) is 12.1. The molecule has 1 aliphatic rings. The molecule has 1 amide bonds. The molecule has 86 valence electrons. The van der Waals surface area contributed by atoms with Crippen molar-refractivity contribution < 1.29 is 13.6 Å². The highest BCUT2D eigenvalue weighted by Gasteiger charge is 2.38. The number of amides is 1. The molecule has 16 heavy (non-hydrogen) atoms. The Morgan fingerprint density at radius 1 is 1.31 bits per heavy atom. The highest BCUT2D eigenvalue weighted by atomic mass is 19.1. The number of carbonyl (C=O) groups excluding carboxylic acids is 1. The number of halogens is 2. The molecule has 0 unspecified atom stereocenters. The maximum Gasteiger partial charge on any atom is 0.251 e. The third kappa shape index (κ3) is 1.43. The molecule has 1 aromatic carbocycles. The highest BCUT2D eigenvalue weighted by Crippen LogP contribution is 2.36. The lowest BCUT2D eigenvalue weighted by Gasteiger charge is -2.38. The third-order valence-corrected chi connectivity index (χ3v) is 2.65. The number of fused-ring (bicyclic) bond motifs is 1. The van der Waals surface area contributed by atoms with Crippen molar-refractivity contribution in [3.63, 3.8) is 0 Å². The molecule has 0 bridgehead atoms. The Labute approximate surface area is 92.1 Å². The molecule has 1 heterocycles. The lowest BCUT2D eigenvalue weighted by atomic mass is 9.98. The second kappa shape index (κ2) is 3.17. The zero-order valence-electron chi connectivity index (χ0n) is 9.27. The minimum atomic E-state index is -0.859. The van der Waals surface area contributed by atoms with Crippen LogP contribution in [0.3, 0.4) is 0 Å². The Morgan fingerprint density at radius 3 is 2.56 bits per heavy atom. The van der Waals surface area contributed by atoms with Gasteiger partial charge in [-0.1, -0.05) is 0 Å². The summed E-state index contributed by atoms with van der Waals surface area (Å²) in [4.78, 5) is 13.1. The molecule has 0 saturated heterocycles. The zero-order valence-corrected chi connectivity index (χ0v) is 9.27. The first-order valence-electron chi connectivity index (χ1n) is 4.88. The van der Waals surface area contributed by atoms with Gasteiger partial charge in [0.1, 0.15) is 17.0 Å². The largest absolute Gasteiger partial charge is 0.370 e. The topological polar surface area (TPSA) is 32.3 Å². The van der Waals surface area contributed by atoms with Gasteiger partial charge in [-0.15, -0.1) is 0 Å². The fraction of sp³-hybridized carbons (Fsp3) is 0.364. The summed E-state index contributed by atoms with van der Waals surface area (Å²) in [6.45, 7) is 3.33. The van der Waals surface area contributed by atoms with E-state index in [2.05, 4.69) is 5.32 Å². The minimum Gasteiger partial charge on any atom is -0.370 e. The third-order valence-electron chi connectivity index (χ3n) is 2.65. The van der Waals surface area contributed by atoms with Crippen LogP contribution in [0, 0.1) is 11.6 Å². The Balaban J connectivity index is 2.64. The SMILES string of the molecule is CN1C(=O)C(C)(C)Nc2cc(F)cc(F)c21. The first-order valence-corrected chi connectivity index (χ1v) is 4.88. The monoisotopic (exact) mass is 226 g/mol. The maximum absolute atomic E-state index is 13.5. The summed E-state index contributed by atoms with van der Waals surface area (Å²) >= 11 is 0. The van der Waals surface area contributed by atoms with Gasteiger partial charge >= 0.3 is 0 Å². The lowest BCUT2D eigenvalue weighted by Crippen LogP contribution is -2.52. The molecule has 0 spiro atoms. The van der Waals surface area contributed by atoms with Gasteiger partial charge in [-0.3, -0.25) is 4.79 Å². The second-order valence-electron chi connectivity index (χ2n) is 4.40. The van der Waals surface area contributed by atoms with Crippen molar-refractivity contribution in [3.8, 4) is 0 Å². The molecule has 1 aromatic rings. The number of benzene rings is 1. The predicted octanol–water partition coefficient (Wildman–Crippen LogP) is 2.13. The van der Waals surface area contributed by atoms with Crippen LogP contribution < -0.4 is 10.2 Å². The van der Waals surface area contributed by atoms with Crippen molar-refractivity contribution in [1.29, 1.82) is 0 Å². The van der Waals surface area contributed by atoms with E-state index in [9.17, 15) is 13.6 Å². The molecular formula is C11H12F2N2O. The van der Waals surface area contributed by atoms with Crippen LogP contribution in [0.25, 0.3) is 0 Å². The normalized spacial score (nSPS) is 18.1.